The van der Waals surface area contributed by atoms with Crippen molar-refractivity contribution in [3.8, 4) is 11.8 Å². The van der Waals surface area contributed by atoms with Crippen molar-refractivity contribution in [3.05, 3.63) is 35.4 Å². The van der Waals surface area contributed by atoms with Crippen molar-refractivity contribution in [1.29, 1.82) is 0 Å². The van der Waals surface area contributed by atoms with E-state index in [2.05, 4.69) is 16.7 Å². The second-order valence-corrected chi connectivity index (χ2v) is 8.79. The molecule has 5 heteroatoms. The van der Waals surface area contributed by atoms with Gasteiger partial charge in [-0.1, -0.05) is 17.9 Å². The van der Waals surface area contributed by atoms with E-state index in [0.29, 0.717) is 11.6 Å². The number of piperidine rings is 1. The Labute approximate surface area is 160 Å². The Balaban J connectivity index is 1.60. The molecule has 4 nitrogen and oxygen atoms in total. The van der Waals surface area contributed by atoms with Gasteiger partial charge < -0.3 is 10.0 Å². The lowest BCUT2D eigenvalue weighted by atomic mass is 10.0. The van der Waals surface area contributed by atoms with E-state index in [1.165, 1.54) is 24.6 Å². The summed E-state index contributed by atoms with van der Waals surface area (Å²) >= 11 is 2.04. The predicted molar refractivity (Wildman–Crippen MR) is 107 cm³/mol. The van der Waals surface area contributed by atoms with Crippen molar-refractivity contribution in [2.24, 2.45) is 0 Å². The van der Waals surface area contributed by atoms with Gasteiger partial charge >= 0.3 is 0 Å². The first kappa shape index (κ1) is 19.3. The summed E-state index contributed by atoms with van der Waals surface area (Å²) in [5, 5.41) is 9.74. The van der Waals surface area contributed by atoms with Crippen molar-refractivity contribution >= 4 is 17.7 Å². The molecule has 0 radical (unpaired) electrons. The van der Waals surface area contributed by atoms with Crippen LogP contribution in [0.25, 0.3) is 0 Å². The zero-order valence-electron chi connectivity index (χ0n) is 15.7. The third-order valence-electron chi connectivity index (χ3n) is 4.94. The lowest BCUT2D eigenvalue weighted by Gasteiger charge is -2.40. The first-order chi connectivity index (χ1) is 12.4. The van der Waals surface area contributed by atoms with Crippen molar-refractivity contribution in [2.75, 3.05) is 37.7 Å². The van der Waals surface area contributed by atoms with Gasteiger partial charge in [-0.3, -0.25) is 9.69 Å². The summed E-state index contributed by atoms with van der Waals surface area (Å²) in [6.07, 6.45) is 2.13. The normalized spacial score (nSPS) is 19.7. The van der Waals surface area contributed by atoms with Crippen LogP contribution in [-0.2, 0) is 0 Å². The molecular formula is C21H28N2O2S. The molecule has 0 bridgehead atoms. The first-order valence-corrected chi connectivity index (χ1v) is 10.5. The Bertz CT molecular complexity index is 688. The van der Waals surface area contributed by atoms with Gasteiger partial charge in [-0.05, 0) is 44.9 Å². The quantitative estimate of drug-likeness (QED) is 0.810. The Hall–Kier alpha value is -1.48. The summed E-state index contributed by atoms with van der Waals surface area (Å²) in [6, 6.07) is 8.04. The molecule has 140 valence electrons. The summed E-state index contributed by atoms with van der Waals surface area (Å²) in [4.78, 5) is 17.4. The molecule has 1 aromatic rings. The lowest BCUT2D eigenvalue weighted by molar-refractivity contribution is 0.0631. The average molecular weight is 373 g/mol. The topological polar surface area (TPSA) is 43.8 Å². The molecule has 0 unspecified atom stereocenters. The first-order valence-electron chi connectivity index (χ1n) is 9.39. The molecule has 0 aromatic heterocycles. The number of aliphatic hydroxyl groups is 1. The maximum absolute atomic E-state index is 12.8. The second kappa shape index (κ2) is 8.47. The minimum atomic E-state index is -1.03. The molecule has 0 spiro atoms. The molecule has 26 heavy (non-hydrogen) atoms. The molecule has 2 aliphatic rings. The maximum atomic E-state index is 12.8. The van der Waals surface area contributed by atoms with E-state index in [4.69, 9.17) is 0 Å². The van der Waals surface area contributed by atoms with Crippen LogP contribution in [-0.4, -0.2) is 70.1 Å². The average Bonchev–Trinajstić information content (AvgIpc) is 2.66. The number of benzene rings is 1. The largest absolute Gasteiger partial charge is 0.378 e. The van der Waals surface area contributed by atoms with Gasteiger partial charge in [-0.2, -0.15) is 11.8 Å². The smallest absolute Gasteiger partial charge is 0.253 e. The van der Waals surface area contributed by atoms with Crippen molar-refractivity contribution in [2.45, 2.75) is 38.3 Å². The van der Waals surface area contributed by atoms with E-state index in [9.17, 15) is 9.90 Å². The summed E-state index contributed by atoms with van der Waals surface area (Å²) < 4.78 is 0. The summed E-state index contributed by atoms with van der Waals surface area (Å²) in [7, 11) is 0. The van der Waals surface area contributed by atoms with Gasteiger partial charge in [0.25, 0.3) is 5.91 Å². The summed E-state index contributed by atoms with van der Waals surface area (Å²) in [5.41, 5.74) is 0.411. The molecule has 2 aliphatic heterocycles. The Morgan fingerprint density at radius 1 is 1.19 bits per heavy atom. The standard InChI is InChI=1S/C21H28N2O2S/c1-21(2,25)9-6-17-4-3-5-18(16-17)20(24)23-10-7-19(8-11-23)22-12-14-26-15-13-22/h3-5,16,19,25H,7-8,10-15H2,1-2H3. The van der Waals surface area contributed by atoms with Crippen LogP contribution in [0.4, 0.5) is 0 Å². The Morgan fingerprint density at radius 2 is 1.88 bits per heavy atom. The molecule has 1 amide bonds. The van der Waals surface area contributed by atoms with Gasteiger partial charge in [0.15, 0.2) is 0 Å². The van der Waals surface area contributed by atoms with E-state index >= 15 is 0 Å². The Morgan fingerprint density at radius 3 is 2.54 bits per heavy atom. The minimum absolute atomic E-state index is 0.0876. The highest BCUT2D eigenvalue weighted by Gasteiger charge is 2.28. The fourth-order valence-electron chi connectivity index (χ4n) is 3.51. The molecule has 1 aromatic carbocycles. The highest BCUT2D eigenvalue weighted by Crippen LogP contribution is 2.21. The van der Waals surface area contributed by atoms with E-state index in [1.807, 2.05) is 40.9 Å². The van der Waals surface area contributed by atoms with E-state index in [-0.39, 0.29) is 5.91 Å². The monoisotopic (exact) mass is 372 g/mol. The van der Waals surface area contributed by atoms with Gasteiger partial charge in [0.1, 0.15) is 5.60 Å². The minimum Gasteiger partial charge on any atom is -0.378 e. The van der Waals surface area contributed by atoms with Crippen molar-refractivity contribution < 1.29 is 9.90 Å². The SMILES string of the molecule is CC(C)(O)C#Cc1cccc(C(=O)N2CCC(N3CCSCC3)CC2)c1. The zero-order valence-corrected chi connectivity index (χ0v) is 16.5. The van der Waals surface area contributed by atoms with Crippen LogP contribution in [0.3, 0.4) is 0 Å². The molecule has 0 aliphatic carbocycles. The number of hydrogen-bond acceptors (Lipinski definition) is 4. The number of rotatable bonds is 2. The number of carbonyl (C=O) groups is 1. The van der Waals surface area contributed by atoms with Gasteiger partial charge in [-0.15, -0.1) is 0 Å². The van der Waals surface area contributed by atoms with Gasteiger partial charge in [0.2, 0.25) is 0 Å². The zero-order chi connectivity index (χ0) is 18.6. The molecule has 2 heterocycles. The van der Waals surface area contributed by atoms with Gasteiger partial charge in [0.05, 0.1) is 0 Å². The molecule has 2 saturated heterocycles. The highest BCUT2D eigenvalue weighted by atomic mass is 32.2. The third kappa shape index (κ3) is 5.26. The molecule has 3 rings (SSSR count). The summed E-state index contributed by atoms with van der Waals surface area (Å²) in [6.45, 7) is 7.33. The van der Waals surface area contributed by atoms with Gasteiger partial charge in [-0.25, -0.2) is 0 Å². The molecular weight excluding hydrogens is 344 g/mol. The lowest BCUT2D eigenvalue weighted by Crippen LogP contribution is -2.49. The second-order valence-electron chi connectivity index (χ2n) is 7.56. The third-order valence-corrected chi connectivity index (χ3v) is 5.88. The van der Waals surface area contributed by atoms with Crippen LogP contribution in [0.5, 0.6) is 0 Å². The fraction of sp³-hybridized carbons (Fsp3) is 0.571. The predicted octanol–water partition coefficient (Wildman–Crippen LogP) is 2.46. The van der Waals surface area contributed by atoms with E-state index in [1.54, 1.807) is 13.8 Å². The summed E-state index contributed by atoms with van der Waals surface area (Å²) in [5.74, 6) is 8.31. The number of amides is 1. The van der Waals surface area contributed by atoms with Crippen LogP contribution in [0.2, 0.25) is 0 Å². The molecule has 1 N–H and O–H groups in total. The molecule has 2 fully saturated rings. The van der Waals surface area contributed by atoms with Crippen LogP contribution in [0.15, 0.2) is 24.3 Å². The van der Waals surface area contributed by atoms with Crippen LogP contribution in [0, 0.1) is 11.8 Å². The van der Waals surface area contributed by atoms with Crippen LogP contribution < -0.4 is 0 Å². The number of hydrogen-bond donors (Lipinski definition) is 1. The molecule has 0 saturated carbocycles. The number of carbonyl (C=O) groups excluding carboxylic acids is 1. The number of thioether (sulfide) groups is 1. The van der Waals surface area contributed by atoms with Crippen LogP contribution >= 0.6 is 11.8 Å². The Kier molecular flexibility index (Phi) is 6.29. The number of nitrogens with zero attached hydrogens (tertiary/aromatic N) is 2. The van der Waals surface area contributed by atoms with Crippen LogP contribution in [0.1, 0.15) is 42.6 Å². The van der Waals surface area contributed by atoms with Crippen molar-refractivity contribution in [3.63, 3.8) is 0 Å². The van der Waals surface area contributed by atoms with E-state index in [0.717, 1.165) is 31.5 Å². The van der Waals surface area contributed by atoms with Crippen molar-refractivity contribution in [1.82, 2.24) is 9.80 Å². The number of likely N-dealkylation sites (tertiary alicyclic amines) is 1. The highest BCUT2D eigenvalue weighted by molar-refractivity contribution is 7.99. The van der Waals surface area contributed by atoms with E-state index < -0.39 is 5.60 Å². The fourth-order valence-corrected chi connectivity index (χ4v) is 4.45. The molecule has 0 atom stereocenters. The van der Waals surface area contributed by atoms with Gasteiger partial charge in [0, 0.05) is 54.9 Å². The maximum Gasteiger partial charge on any atom is 0.253 e.